The van der Waals surface area contributed by atoms with Crippen LogP contribution in [0, 0.1) is 0 Å². The Morgan fingerprint density at radius 2 is 1.90 bits per heavy atom. The molecule has 0 bridgehead atoms. The van der Waals surface area contributed by atoms with Crippen LogP contribution in [0.1, 0.15) is 6.92 Å². The molecule has 114 valence electrons. The summed E-state index contributed by atoms with van der Waals surface area (Å²) in [5, 5.41) is 0. The predicted molar refractivity (Wildman–Crippen MR) is 74.6 cm³/mol. The normalized spacial score (nSPS) is 11.8. The van der Waals surface area contributed by atoms with Crippen LogP contribution in [0.2, 0.25) is 0 Å². The fraction of sp³-hybridized carbons (Fsp3) is 0.500. The van der Waals surface area contributed by atoms with E-state index < -0.39 is 23.0 Å². The molecule has 0 aliphatic rings. The van der Waals surface area contributed by atoms with Crippen LogP contribution < -0.4 is 15.4 Å². The molecule has 0 radical (unpaired) electrons. The lowest BCUT2D eigenvalue weighted by atomic mass is 10.3. The van der Waals surface area contributed by atoms with E-state index in [1.807, 2.05) is 0 Å². The van der Waals surface area contributed by atoms with E-state index in [4.69, 9.17) is 5.73 Å². The van der Waals surface area contributed by atoms with E-state index in [1.54, 1.807) is 6.92 Å². The number of halogens is 2. The minimum absolute atomic E-state index is 0.104. The molecule has 1 aromatic rings. The van der Waals surface area contributed by atoms with Gasteiger partial charge in [-0.05, 0) is 24.3 Å². The lowest BCUT2D eigenvalue weighted by Gasteiger charge is -2.23. The van der Waals surface area contributed by atoms with Crippen molar-refractivity contribution in [3.05, 3.63) is 24.3 Å². The molecule has 0 saturated heterocycles. The Kier molecular flexibility index (Phi) is 6.31. The van der Waals surface area contributed by atoms with E-state index in [9.17, 15) is 17.2 Å². The van der Waals surface area contributed by atoms with Gasteiger partial charge in [0.2, 0.25) is 10.0 Å². The summed E-state index contributed by atoms with van der Waals surface area (Å²) >= 11 is 0. The maximum absolute atomic E-state index is 12.5. The summed E-state index contributed by atoms with van der Waals surface area (Å²) in [6, 6.07) is 5.79. The van der Waals surface area contributed by atoms with Crippen LogP contribution in [0.5, 0.6) is 0 Å². The molecule has 0 spiro atoms. The molecule has 0 fully saturated rings. The number of rotatable bonds is 8. The lowest BCUT2D eigenvalue weighted by Crippen LogP contribution is -2.33. The van der Waals surface area contributed by atoms with Crippen LogP contribution in [0.25, 0.3) is 0 Å². The molecular formula is C12H19F2N3O2S. The average molecular weight is 307 g/mol. The van der Waals surface area contributed by atoms with Crippen molar-refractivity contribution in [2.24, 2.45) is 5.73 Å². The largest absolute Gasteiger partial charge is 0.365 e. The lowest BCUT2D eigenvalue weighted by molar-refractivity contribution is 0.155. The molecule has 0 amide bonds. The summed E-state index contributed by atoms with van der Waals surface area (Å²) in [6.07, 6.45) is -2.48. The molecule has 0 heterocycles. The third-order valence-corrected chi connectivity index (χ3v) is 4.17. The zero-order valence-corrected chi connectivity index (χ0v) is 12.0. The molecule has 1 rings (SSSR count). The Morgan fingerprint density at radius 1 is 1.30 bits per heavy atom. The number of hydrogen-bond donors (Lipinski definition) is 2. The van der Waals surface area contributed by atoms with E-state index in [-0.39, 0.29) is 24.5 Å². The first-order chi connectivity index (χ1) is 9.40. The molecular weight excluding hydrogens is 288 g/mol. The van der Waals surface area contributed by atoms with Gasteiger partial charge in [-0.25, -0.2) is 21.9 Å². The first-order valence-corrected chi connectivity index (χ1v) is 7.72. The molecule has 0 atom stereocenters. The molecule has 0 saturated carbocycles. The minimum atomic E-state index is -3.53. The number of sulfonamides is 1. The standard InChI is InChI=1S/C12H19F2N3O2S/c1-2-16-20(18,19)11-5-3-10(4-6-11)17(8-7-15)9-12(13)14/h3-6,12,16H,2,7-9,15H2,1H3. The smallest absolute Gasteiger partial charge is 0.255 e. The molecule has 0 aliphatic carbocycles. The second-order valence-electron chi connectivity index (χ2n) is 4.12. The SMILES string of the molecule is CCNS(=O)(=O)c1ccc(N(CCN)CC(F)F)cc1. The highest BCUT2D eigenvalue weighted by Gasteiger charge is 2.15. The Hall–Kier alpha value is -1.25. The van der Waals surface area contributed by atoms with E-state index in [0.29, 0.717) is 5.69 Å². The van der Waals surface area contributed by atoms with Crippen molar-refractivity contribution < 1.29 is 17.2 Å². The van der Waals surface area contributed by atoms with Crippen molar-refractivity contribution in [1.82, 2.24) is 4.72 Å². The number of benzene rings is 1. The van der Waals surface area contributed by atoms with Gasteiger partial charge in [-0.1, -0.05) is 6.92 Å². The van der Waals surface area contributed by atoms with Crippen LogP contribution >= 0.6 is 0 Å². The highest BCUT2D eigenvalue weighted by molar-refractivity contribution is 7.89. The molecule has 3 N–H and O–H groups in total. The van der Waals surface area contributed by atoms with Crippen LogP contribution in [0.4, 0.5) is 14.5 Å². The second kappa shape index (κ2) is 7.51. The number of nitrogens with two attached hydrogens (primary N) is 1. The molecule has 20 heavy (non-hydrogen) atoms. The Morgan fingerprint density at radius 3 is 2.35 bits per heavy atom. The molecule has 0 aromatic heterocycles. The second-order valence-corrected chi connectivity index (χ2v) is 5.89. The highest BCUT2D eigenvalue weighted by Crippen LogP contribution is 2.18. The van der Waals surface area contributed by atoms with Crippen LogP contribution in [-0.4, -0.2) is 41.0 Å². The van der Waals surface area contributed by atoms with Gasteiger partial charge < -0.3 is 10.6 Å². The molecule has 0 aliphatic heterocycles. The highest BCUT2D eigenvalue weighted by atomic mass is 32.2. The maximum Gasteiger partial charge on any atom is 0.255 e. The van der Waals surface area contributed by atoms with Crippen LogP contribution in [0.15, 0.2) is 29.2 Å². The third kappa shape index (κ3) is 4.69. The first kappa shape index (κ1) is 16.8. The van der Waals surface area contributed by atoms with Gasteiger partial charge in [0, 0.05) is 25.3 Å². The summed E-state index contributed by atoms with van der Waals surface area (Å²) in [6.45, 7) is 2.05. The molecule has 0 unspecified atom stereocenters. The van der Waals surface area contributed by atoms with Gasteiger partial charge in [0.15, 0.2) is 0 Å². The van der Waals surface area contributed by atoms with E-state index in [2.05, 4.69) is 4.72 Å². The topological polar surface area (TPSA) is 75.4 Å². The Balaban J connectivity index is 2.93. The summed E-state index contributed by atoms with van der Waals surface area (Å²) < 4.78 is 50.8. The number of hydrogen-bond acceptors (Lipinski definition) is 4. The van der Waals surface area contributed by atoms with Crippen molar-refractivity contribution in [3.63, 3.8) is 0 Å². The van der Waals surface area contributed by atoms with Crippen LogP contribution in [0.3, 0.4) is 0 Å². The third-order valence-electron chi connectivity index (χ3n) is 2.60. The number of nitrogens with one attached hydrogen (secondary N) is 1. The monoisotopic (exact) mass is 307 g/mol. The van der Waals surface area contributed by atoms with Gasteiger partial charge >= 0.3 is 0 Å². The maximum atomic E-state index is 12.5. The van der Waals surface area contributed by atoms with Gasteiger partial charge in [-0.15, -0.1) is 0 Å². The van der Waals surface area contributed by atoms with Gasteiger partial charge in [0.1, 0.15) is 0 Å². The average Bonchev–Trinajstić information content (AvgIpc) is 2.38. The summed E-state index contributed by atoms with van der Waals surface area (Å²) in [7, 11) is -3.53. The predicted octanol–water partition coefficient (Wildman–Crippen LogP) is 1.01. The van der Waals surface area contributed by atoms with E-state index in [1.165, 1.54) is 29.2 Å². The van der Waals surface area contributed by atoms with Crippen molar-refractivity contribution in [1.29, 1.82) is 0 Å². The van der Waals surface area contributed by atoms with E-state index >= 15 is 0 Å². The van der Waals surface area contributed by atoms with Gasteiger partial charge in [-0.2, -0.15) is 0 Å². The molecule has 5 nitrogen and oxygen atoms in total. The van der Waals surface area contributed by atoms with Crippen molar-refractivity contribution in [2.45, 2.75) is 18.2 Å². The van der Waals surface area contributed by atoms with Crippen molar-refractivity contribution in [2.75, 3.05) is 31.1 Å². The minimum Gasteiger partial charge on any atom is -0.365 e. The first-order valence-electron chi connectivity index (χ1n) is 6.23. The fourth-order valence-corrected chi connectivity index (χ4v) is 2.80. The number of anilines is 1. The number of nitrogens with zero attached hydrogens (tertiary/aromatic N) is 1. The van der Waals surface area contributed by atoms with Crippen molar-refractivity contribution >= 4 is 15.7 Å². The summed E-state index contributed by atoms with van der Waals surface area (Å²) in [5.41, 5.74) is 5.91. The van der Waals surface area contributed by atoms with Crippen molar-refractivity contribution in [3.8, 4) is 0 Å². The zero-order valence-electron chi connectivity index (χ0n) is 11.2. The summed E-state index contributed by atoms with van der Waals surface area (Å²) in [4.78, 5) is 1.53. The van der Waals surface area contributed by atoms with Gasteiger partial charge in [-0.3, -0.25) is 0 Å². The fourth-order valence-electron chi connectivity index (χ4n) is 1.76. The van der Waals surface area contributed by atoms with Gasteiger partial charge in [0.05, 0.1) is 11.4 Å². The van der Waals surface area contributed by atoms with E-state index in [0.717, 1.165) is 0 Å². The Labute approximate surface area is 117 Å². The summed E-state index contributed by atoms with van der Waals surface area (Å²) in [5.74, 6) is 0. The van der Waals surface area contributed by atoms with Gasteiger partial charge in [0.25, 0.3) is 6.43 Å². The zero-order chi connectivity index (χ0) is 15.2. The quantitative estimate of drug-likeness (QED) is 0.752. The Bertz CT molecular complexity index is 506. The molecule has 8 heteroatoms. The molecule has 1 aromatic carbocycles. The number of alkyl halides is 2. The van der Waals surface area contributed by atoms with Crippen LogP contribution in [-0.2, 0) is 10.0 Å².